The van der Waals surface area contributed by atoms with E-state index in [1.54, 1.807) is 0 Å². The summed E-state index contributed by atoms with van der Waals surface area (Å²) in [7, 11) is -3.15. The third kappa shape index (κ3) is 3.20. The van der Waals surface area contributed by atoms with Gasteiger partial charge in [-0.25, -0.2) is 18.4 Å². The number of sulfonamides is 1. The van der Waals surface area contributed by atoms with Crippen LogP contribution in [-0.4, -0.2) is 55.1 Å². The first-order chi connectivity index (χ1) is 8.91. The Morgan fingerprint density at radius 1 is 1.37 bits per heavy atom. The Kier molecular flexibility index (Phi) is 4.03. The minimum absolute atomic E-state index is 0.274. The van der Waals surface area contributed by atoms with Gasteiger partial charge in [0, 0.05) is 32.4 Å². The lowest BCUT2D eigenvalue weighted by molar-refractivity contribution is 0.385. The molecule has 19 heavy (non-hydrogen) atoms. The highest BCUT2D eigenvalue weighted by molar-refractivity contribution is 9.10. The standard InChI is InChI=1S/C10H12BrN5O2S/c1-19(17,18)16-4-2-15(3-5-16)10-13-7-8(11)9(6-12)14-10/h7H,2-5H2,1H3. The van der Waals surface area contributed by atoms with Crippen LogP contribution in [0.25, 0.3) is 0 Å². The van der Waals surface area contributed by atoms with Crippen molar-refractivity contribution in [3.63, 3.8) is 0 Å². The first-order valence-electron chi connectivity index (χ1n) is 5.54. The number of halogens is 1. The lowest BCUT2D eigenvalue weighted by Gasteiger charge is -2.33. The Balaban J connectivity index is 2.12. The summed E-state index contributed by atoms with van der Waals surface area (Å²) in [6, 6.07) is 1.98. The number of anilines is 1. The number of rotatable bonds is 2. The van der Waals surface area contributed by atoms with E-state index in [0.717, 1.165) is 0 Å². The Morgan fingerprint density at radius 2 is 2.00 bits per heavy atom. The lowest BCUT2D eigenvalue weighted by Crippen LogP contribution is -2.48. The van der Waals surface area contributed by atoms with Crippen LogP contribution in [0.2, 0.25) is 0 Å². The molecule has 0 aromatic carbocycles. The molecule has 0 unspecified atom stereocenters. The van der Waals surface area contributed by atoms with Crippen molar-refractivity contribution in [3.05, 3.63) is 16.4 Å². The number of piperazine rings is 1. The van der Waals surface area contributed by atoms with Gasteiger partial charge in [-0.3, -0.25) is 0 Å². The Labute approximate surface area is 120 Å². The van der Waals surface area contributed by atoms with E-state index < -0.39 is 10.0 Å². The van der Waals surface area contributed by atoms with Crippen LogP contribution < -0.4 is 4.90 Å². The zero-order valence-corrected chi connectivity index (χ0v) is 12.6. The topological polar surface area (TPSA) is 90.2 Å². The first-order valence-corrected chi connectivity index (χ1v) is 8.18. The average Bonchev–Trinajstić information content (AvgIpc) is 2.38. The van der Waals surface area contributed by atoms with E-state index in [9.17, 15) is 8.42 Å². The lowest BCUT2D eigenvalue weighted by atomic mass is 10.4. The number of nitrogens with zero attached hydrogens (tertiary/aromatic N) is 5. The third-order valence-electron chi connectivity index (χ3n) is 2.83. The third-order valence-corrected chi connectivity index (χ3v) is 4.71. The summed E-state index contributed by atoms with van der Waals surface area (Å²) < 4.78 is 24.8. The molecule has 7 nitrogen and oxygen atoms in total. The number of aromatic nitrogens is 2. The summed E-state index contributed by atoms with van der Waals surface area (Å²) >= 11 is 3.20. The molecule has 1 aliphatic heterocycles. The van der Waals surface area contributed by atoms with E-state index in [1.165, 1.54) is 16.8 Å². The maximum Gasteiger partial charge on any atom is 0.226 e. The zero-order chi connectivity index (χ0) is 14.0. The smallest absolute Gasteiger partial charge is 0.226 e. The largest absolute Gasteiger partial charge is 0.338 e. The molecule has 2 heterocycles. The van der Waals surface area contributed by atoms with Crippen molar-refractivity contribution in [2.45, 2.75) is 0 Å². The van der Waals surface area contributed by atoms with E-state index >= 15 is 0 Å². The van der Waals surface area contributed by atoms with Crippen molar-refractivity contribution in [1.82, 2.24) is 14.3 Å². The van der Waals surface area contributed by atoms with Crippen molar-refractivity contribution in [2.75, 3.05) is 37.3 Å². The van der Waals surface area contributed by atoms with Crippen molar-refractivity contribution in [3.8, 4) is 6.07 Å². The van der Waals surface area contributed by atoms with Gasteiger partial charge in [0.25, 0.3) is 0 Å². The monoisotopic (exact) mass is 345 g/mol. The van der Waals surface area contributed by atoms with Gasteiger partial charge < -0.3 is 4.90 Å². The van der Waals surface area contributed by atoms with Crippen LogP contribution in [0.4, 0.5) is 5.95 Å². The van der Waals surface area contributed by atoms with Crippen LogP contribution in [0.3, 0.4) is 0 Å². The number of nitriles is 1. The van der Waals surface area contributed by atoms with E-state index in [2.05, 4.69) is 25.9 Å². The fourth-order valence-corrected chi connectivity index (χ4v) is 2.91. The Hall–Kier alpha value is -1.24. The minimum Gasteiger partial charge on any atom is -0.338 e. The molecule has 1 saturated heterocycles. The second-order valence-corrected chi connectivity index (χ2v) is 6.96. The molecule has 9 heteroatoms. The molecular formula is C10H12BrN5O2S. The molecule has 0 radical (unpaired) electrons. The zero-order valence-electron chi connectivity index (χ0n) is 10.2. The second kappa shape index (κ2) is 5.40. The van der Waals surface area contributed by atoms with E-state index in [-0.39, 0.29) is 5.69 Å². The van der Waals surface area contributed by atoms with E-state index in [4.69, 9.17) is 5.26 Å². The summed E-state index contributed by atoms with van der Waals surface area (Å²) in [6.07, 6.45) is 2.73. The van der Waals surface area contributed by atoms with Crippen LogP contribution in [-0.2, 0) is 10.0 Å². The maximum atomic E-state index is 11.4. The van der Waals surface area contributed by atoms with Gasteiger partial charge in [-0.1, -0.05) is 0 Å². The summed E-state index contributed by atoms with van der Waals surface area (Å²) in [5, 5.41) is 8.91. The van der Waals surface area contributed by atoms with Crippen LogP contribution >= 0.6 is 15.9 Å². The Bertz CT molecular complexity index is 619. The maximum absolute atomic E-state index is 11.4. The quantitative estimate of drug-likeness (QED) is 0.760. The van der Waals surface area contributed by atoms with Gasteiger partial charge in [-0.05, 0) is 15.9 Å². The molecule has 0 aliphatic carbocycles. The predicted octanol–water partition coefficient (Wildman–Crippen LogP) is 0.192. The van der Waals surface area contributed by atoms with Gasteiger partial charge in [0.05, 0.1) is 10.7 Å². The molecule has 0 bridgehead atoms. The van der Waals surface area contributed by atoms with Crippen molar-refractivity contribution in [1.29, 1.82) is 5.26 Å². The number of hydrogen-bond donors (Lipinski definition) is 0. The van der Waals surface area contributed by atoms with Gasteiger partial charge in [-0.2, -0.15) is 9.57 Å². The molecule has 0 N–H and O–H groups in total. The van der Waals surface area contributed by atoms with E-state index in [0.29, 0.717) is 36.6 Å². The number of hydrogen-bond acceptors (Lipinski definition) is 6. The fourth-order valence-electron chi connectivity index (χ4n) is 1.81. The molecule has 102 valence electrons. The molecule has 0 atom stereocenters. The van der Waals surface area contributed by atoms with Gasteiger partial charge in [0.2, 0.25) is 16.0 Å². The predicted molar refractivity (Wildman–Crippen MR) is 73.1 cm³/mol. The van der Waals surface area contributed by atoms with Crippen LogP contribution in [0.1, 0.15) is 5.69 Å². The Morgan fingerprint density at radius 3 is 2.53 bits per heavy atom. The highest BCUT2D eigenvalue weighted by Gasteiger charge is 2.24. The van der Waals surface area contributed by atoms with Crippen molar-refractivity contribution in [2.24, 2.45) is 0 Å². The van der Waals surface area contributed by atoms with E-state index in [1.807, 2.05) is 11.0 Å². The molecule has 0 saturated carbocycles. The summed E-state index contributed by atoms with van der Waals surface area (Å²) in [4.78, 5) is 10.2. The molecule has 0 spiro atoms. The van der Waals surface area contributed by atoms with Crippen LogP contribution in [0, 0.1) is 11.3 Å². The molecule has 1 aromatic rings. The summed E-state index contributed by atoms with van der Waals surface area (Å²) in [5.74, 6) is 0.452. The minimum atomic E-state index is -3.15. The fraction of sp³-hybridized carbons (Fsp3) is 0.500. The summed E-state index contributed by atoms with van der Waals surface area (Å²) in [6.45, 7) is 1.83. The molecule has 1 aliphatic rings. The van der Waals surface area contributed by atoms with Gasteiger partial charge in [0.15, 0.2) is 5.69 Å². The molecule has 2 rings (SSSR count). The molecule has 1 fully saturated rings. The SMILES string of the molecule is CS(=O)(=O)N1CCN(c2ncc(Br)c(C#N)n2)CC1. The van der Waals surface area contributed by atoms with Gasteiger partial charge in [-0.15, -0.1) is 0 Å². The normalized spacial score (nSPS) is 17.2. The van der Waals surface area contributed by atoms with Gasteiger partial charge in [0.1, 0.15) is 6.07 Å². The van der Waals surface area contributed by atoms with Crippen LogP contribution in [0.5, 0.6) is 0 Å². The van der Waals surface area contributed by atoms with Gasteiger partial charge >= 0.3 is 0 Å². The highest BCUT2D eigenvalue weighted by Crippen LogP contribution is 2.17. The van der Waals surface area contributed by atoms with Crippen molar-refractivity contribution < 1.29 is 8.42 Å². The molecular weight excluding hydrogens is 334 g/mol. The van der Waals surface area contributed by atoms with Crippen LogP contribution in [0.15, 0.2) is 10.7 Å². The summed E-state index contributed by atoms with van der Waals surface area (Å²) in [5.41, 5.74) is 0.274. The molecule has 1 aromatic heterocycles. The average molecular weight is 346 g/mol. The molecule has 0 amide bonds. The first kappa shape index (κ1) is 14.2. The second-order valence-electron chi connectivity index (χ2n) is 4.13. The van der Waals surface area contributed by atoms with Crippen molar-refractivity contribution >= 4 is 31.9 Å². The highest BCUT2D eigenvalue weighted by atomic mass is 79.9.